The molecule has 140 valence electrons. The molecule has 4 rings (SSSR count). The van der Waals surface area contributed by atoms with Gasteiger partial charge in [-0.1, -0.05) is 41.6 Å². The Bertz CT molecular complexity index is 884. The van der Waals surface area contributed by atoms with Gasteiger partial charge in [0.15, 0.2) is 0 Å². The Labute approximate surface area is 163 Å². The van der Waals surface area contributed by atoms with E-state index in [9.17, 15) is 4.79 Å². The maximum atomic E-state index is 13.0. The fraction of sp³-hybridized carbons (Fsp3) is 0.333. The van der Waals surface area contributed by atoms with Crippen molar-refractivity contribution < 1.29 is 9.32 Å². The molecule has 5 nitrogen and oxygen atoms in total. The minimum Gasteiger partial charge on any atom is -0.360 e. The van der Waals surface area contributed by atoms with Crippen LogP contribution in [0.15, 0.2) is 52.4 Å². The van der Waals surface area contributed by atoms with E-state index in [4.69, 9.17) is 4.52 Å². The average Bonchev–Trinajstić information content (AvgIpc) is 3.45. The zero-order chi connectivity index (χ0) is 18.6. The van der Waals surface area contributed by atoms with Crippen molar-refractivity contribution >= 4 is 17.2 Å². The summed E-state index contributed by atoms with van der Waals surface area (Å²) < 4.78 is 5.33. The zero-order valence-corrected chi connectivity index (χ0v) is 16.2. The Morgan fingerprint density at radius 1 is 1.22 bits per heavy atom. The summed E-state index contributed by atoms with van der Waals surface area (Å²) in [4.78, 5) is 16.7. The van der Waals surface area contributed by atoms with Gasteiger partial charge in [-0.05, 0) is 44.3 Å². The summed E-state index contributed by atoms with van der Waals surface area (Å²) in [5, 5.41) is 9.34. The van der Waals surface area contributed by atoms with Gasteiger partial charge in [0.05, 0.1) is 6.04 Å². The summed E-state index contributed by atoms with van der Waals surface area (Å²) in [6, 6.07) is 14.1. The number of aryl methyl sites for hydroxylation is 1. The number of nitrogens with zero attached hydrogens (tertiary/aromatic N) is 2. The van der Waals surface area contributed by atoms with Crippen molar-refractivity contribution in [1.29, 1.82) is 0 Å². The first-order valence-corrected chi connectivity index (χ1v) is 10.2. The number of aromatic nitrogens is 1. The summed E-state index contributed by atoms with van der Waals surface area (Å²) in [5.41, 5.74) is 2.00. The first kappa shape index (κ1) is 17.9. The van der Waals surface area contributed by atoms with Gasteiger partial charge in [-0.2, -0.15) is 0 Å². The second-order valence-electron chi connectivity index (χ2n) is 6.81. The van der Waals surface area contributed by atoms with Crippen LogP contribution < -0.4 is 5.32 Å². The van der Waals surface area contributed by atoms with Gasteiger partial charge in [0, 0.05) is 17.0 Å². The highest BCUT2D eigenvalue weighted by Gasteiger charge is 2.27. The van der Waals surface area contributed by atoms with Crippen LogP contribution in [0.3, 0.4) is 0 Å². The number of hydrogen-bond donors (Lipinski definition) is 1. The highest BCUT2D eigenvalue weighted by Crippen LogP contribution is 2.29. The van der Waals surface area contributed by atoms with Gasteiger partial charge in [-0.25, -0.2) is 0 Å². The number of thiophene rings is 1. The van der Waals surface area contributed by atoms with E-state index in [1.165, 1.54) is 17.7 Å². The van der Waals surface area contributed by atoms with Crippen LogP contribution in [0, 0.1) is 6.92 Å². The molecule has 1 aliphatic rings. The SMILES string of the molecule is Cc1onc(-c2ccccc2)c1C(=O)NCC(c1cccs1)N1CCCC1. The lowest BCUT2D eigenvalue weighted by atomic mass is 10.1. The smallest absolute Gasteiger partial charge is 0.257 e. The number of carbonyl (C=O) groups excluding carboxylic acids is 1. The number of amides is 1. The van der Waals surface area contributed by atoms with E-state index in [0.29, 0.717) is 23.6 Å². The highest BCUT2D eigenvalue weighted by molar-refractivity contribution is 7.10. The molecule has 1 amide bonds. The summed E-state index contributed by atoms with van der Waals surface area (Å²) >= 11 is 1.75. The van der Waals surface area contributed by atoms with Gasteiger partial charge in [-0.3, -0.25) is 9.69 Å². The Morgan fingerprint density at radius 3 is 2.70 bits per heavy atom. The van der Waals surface area contributed by atoms with Crippen LogP contribution in [0.2, 0.25) is 0 Å². The minimum absolute atomic E-state index is 0.131. The molecule has 1 saturated heterocycles. The van der Waals surface area contributed by atoms with E-state index in [1.54, 1.807) is 18.3 Å². The minimum atomic E-state index is -0.131. The van der Waals surface area contributed by atoms with Gasteiger partial charge in [0.25, 0.3) is 5.91 Å². The third-order valence-electron chi connectivity index (χ3n) is 5.05. The van der Waals surface area contributed by atoms with Crippen molar-refractivity contribution in [2.75, 3.05) is 19.6 Å². The maximum Gasteiger partial charge on any atom is 0.257 e. The van der Waals surface area contributed by atoms with Gasteiger partial charge in [0.1, 0.15) is 17.0 Å². The third-order valence-corrected chi connectivity index (χ3v) is 6.02. The molecule has 1 atom stereocenters. The van der Waals surface area contributed by atoms with E-state index in [0.717, 1.165) is 18.7 Å². The van der Waals surface area contributed by atoms with Crippen molar-refractivity contribution in [3.8, 4) is 11.3 Å². The molecule has 1 unspecified atom stereocenters. The molecule has 0 aliphatic carbocycles. The molecule has 1 N–H and O–H groups in total. The van der Waals surface area contributed by atoms with Crippen LogP contribution in [-0.4, -0.2) is 35.6 Å². The zero-order valence-electron chi connectivity index (χ0n) is 15.4. The van der Waals surface area contributed by atoms with Gasteiger partial charge in [-0.15, -0.1) is 11.3 Å². The van der Waals surface area contributed by atoms with Crippen molar-refractivity contribution in [3.63, 3.8) is 0 Å². The van der Waals surface area contributed by atoms with Gasteiger partial charge in [0.2, 0.25) is 0 Å². The van der Waals surface area contributed by atoms with Crippen LogP contribution in [-0.2, 0) is 0 Å². The second-order valence-corrected chi connectivity index (χ2v) is 7.79. The molecule has 2 aromatic heterocycles. The van der Waals surface area contributed by atoms with Crippen molar-refractivity contribution in [2.24, 2.45) is 0 Å². The largest absolute Gasteiger partial charge is 0.360 e. The second kappa shape index (κ2) is 8.06. The standard InChI is InChI=1S/C21H23N3O2S/c1-15-19(20(23-26-15)16-8-3-2-4-9-16)21(25)22-14-17(18-10-7-13-27-18)24-11-5-6-12-24/h2-4,7-10,13,17H,5-6,11-12,14H2,1H3,(H,22,25). The molecule has 0 radical (unpaired) electrons. The van der Waals surface area contributed by atoms with E-state index in [2.05, 4.69) is 32.9 Å². The lowest BCUT2D eigenvalue weighted by Gasteiger charge is -2.26. The van der Waals surface area contributed by atoms with Crippen molar-refractivity contribution in [2.45, 2.75) is 25.8 Å². The maximum absolute atomic E-state index is 13.0. The lowest BCUT2D eigenvalue weighted by molar-refractivity contribution is 0.0937. The Morgan fingerprint density at radius 2 is 2.00 bits per heavy atom. The van der Waals surface area contributed by atoms with E-state index in [1.807, 2.05) is 30.3 Å². The first-order valence-electron chi connectivity index (χ1n) is 9.31. The molecule has 3 heterocycles. The predicted molar refractivity (Wildman–Crippen MR) is 107 cm³/mol. The molecule has 1 fully saturated rings. The number of benzene rings is 1. The fourth-order valence-corrected chi connectivity index (χ4v) is 4.52. The molecular weight excluding hydrogens is 358 g/mol. The topological polar surface area (TPSA) is 58.4 Å². The molecule has 1 aliphatic heterocycles. The van der Waals surface area contributed by atoms with E-state index < -0.39 is 0 Å². The van der Waals surface area contributed by atoms with Crippen LogP contribution >= 0.6 is 11.3 Å². The summed E-state index contributed by atoms with van der Waals surface area (Å²) in [5.74, 6) is 0.411. The van der Waals surface area contributed by atoms with E-state index >= 15 is 0 Å². The average molecular weight is 382 g/mol. The number of hydrogen-bond acceptors (Lipinski definition) is 5. The Kier molecular flexibility index (Phi) is 5.36. The molecule has 1 aromatic carbocycles. The number of nitrogens with one attached hydrogen (secondary N) is 1. The van der Waals surface area contributed by atoms with Crippen molar-refractivity contribution in [3.05, 3.63) is 64.0 Å². The fourth-order valence-electron chi connectivity index (χ4n) is 3.65. The van der Waals surface area contributed by atoms with Crippen LogP contribution in [0.1, 0.15) is 39.9 Å². The Hall–Kier alpha value is -2.44. The number of carbonyl (C=O) groups is 1. The van der Waals surface area contributed by atoms with Crippen molar-refractivity contribution in [1.82, 2.24) is 15.4 Å². The quantitative estimate of drug-likeness (QED) is 0.692. The van der Waals surface area contributed by atoms with E-state index in [-0.39, 0.29) is 11.9 Å². The lowest BCUT2D eigenvalue weighted by Crippen LogP contribution is -2.36. The summed E-state index contributed by atoms with van der Waals surface area (Å²) in [6.07, 6.45) is 2.44. The molecule has 27 heavy (non-hydrogen) atoms. The first-order chi connectivity index (χ1) is 13.2. The molecule has 0 bridgehead atoms. The molecule has 3 aromatic rings. The van der Waals surface area contributed by atoms with Gasteiger partial charge >= 0.3 is 0 Å². The summed E-state index contributed by atoms with van der Waals surface area (Å²) in [6.45, 7) is 4.53. The number of rotatable bonds is 6. The number of likely N-dealkylation sites (tertiary alicyclic amines) is 1. The molecular formula is C21H23N3O2S. The molecule has 0 spiro atoms. The van der Waals surface area contributed by atoms with Crippen LogP contribution in [0.5, 0.6) is 0 Å². The predicted octanol–water partition coefficient (Wildman–Crippen LogP) is 4.28. The Balaban J connectivity index is 1.53. The highest BCUT2D eigenvalue weighted by atomic mass is 32.1. The summed E-state index contributed by atoms with van der Waals surface area (Å²) in [7, 11) is 0. The normalized spacial score (nSPS) is 15.7. The molecule has 6 heteroatoms. The third kappa shape index (κ3) is 3.82. The van der Waals surface area contributed by atoms with Crippen LogP contribution in [0.4, 0.5) is 0 Å². The monoisotopic (exact) mass is 381 g/mol. The molecule has 0 saturated carbocycles. The van der Waals surface area contributed by atoms with Gasteiger partial charge < -0.3 is 9.84 Å². The van der Waals surface area contributed by atoms with Crippen LogP contribution in [0.25, 0.3) is 11.3 Å².